The monoisotopic (exact) mass is 417 g/mol. The van der Waals surface area contributed by atoms with Crippen molar-refractivity contribution in [3.63, 3.8) is 0 Å². The van der Waals surface area contributed by atoms with Crippen LogP contribution in [0.2, 0.25) is 15.1 Å². The summed E-state index contributed by atoms with van der Waals surface area (Å²) < 4.78 is 25.5. The Bertz CT molecular complexity index is 913. The Balaban J connectivity index is 1.77. The Kier molecular flexibility index (Phi) is 5.30. The zero-order chi connectivity index (χ0) is 18.2. The first-order valence-electron chi connectivity index (χ1n) is 7.53. The number of rotatable bonds is 3. The Labute approximate surface area is 161 Å². The summed E-state index contributed by atoms with van der Waals surface area (Å²) in [5, 5.41) is 0.488. The van der Waals surface area contributed by atoms with Crippen LogP contribution < -0.4 is 0 Å². The molecule has 25 heavy (non-hydrogen) atoms. The standard InChI is InChI=1S/C17H14Cl3NO3S/c18-12-2-4-13(5-3-12)25(23,24)14-7-8-21(10-14)17(22)11-1-6-15(19)16(20)9-11/h1-6,9,14H,7-8,10H2. The molecule has 1 unspecified atom stereocenters. The van der Waals surface area contributed by atoms with Gasteiger partial charge in [0.25, 0.3) is 5.91 Å². The van der Waals surface area contributed by atoms with Crippen molar-refractivity contribution < 1.29 is 13.2 Å². The number of benzene rings is 2. The van der Waals surface area contributed by atoms with Crippen LogP contribution in [0.3, 0.4) is 0 Å². The van der Waals surface area contributed by atoms with E-state index in [2.05, 4.69) is 0 Å². The van der Waals surface area contributed by atoms with Crippen LogP contribution >= 0.6 is 34.8 Å². The number of halogens is 3. The first-order valence-corrected chi connectivity index (χ1v) is 10.2. The van der Waals surface area contributed by atoms with Crippen LogP contribution in [0, 0.1) is 0 Å². The van der Waals surface area contributed by atoms with E-state index in [0.29, 0.717) is 28.6 Å². The molecule has 2 aromatic rings. The molecule has 1 atom stereocenters. The van der Waals surface area contributed by atoms with Gasteiger partial charge in [0.2, 0.25) is 0 Å². The van der Waals surface area contributed by atoms with Gasteiger partial charge in [-0.05, 0) is 48.9 Å². The van der Waals surface area contributed by atoms with Crippen LogP contribution in [-0.4, -0.2) is 37.6 Å². The Morgan fingerprint density at radius 2 is 1.68 bits per heavy atom. The molecule has 1 fully saturated rings. The van der Waals surface area contributed by atoms with Gasteiger partial charge in [0.1, 0.15) is 0 Å². The largest absolute Gasteiger partial charge is 0.337 e. The van der Waals surface area contributed by atoms with Gasteiger partial charge in [-0.1, -0.05) is 34.8 Å². The topological polar surface area (TPSA) is 54.5 Å². The molecule has 4 nitrogen and oxygen atoms in total. The summed E-state index contributed by atoms with van der Waals surface area (Å²) in [5.41, 5.74) is 0.388. The molecule has 1 amide bonds. The molecule has 1 saturated heterocycles. The van der Waals surface area contributed by atoms with Gasteiger partial charge in [0, 0.05) is 23.7 Å². The smallest absolute Gasteiger partial charge is 0.253 e. The number of likely N-dealkylation sites (tertiary alicyclic amines) is 1. The minimum absolute atomic E-state index is 0.143. The number of amides is 1. The molecular weight excluding hydrogens is 405 g/mol. The maximum absolute atomic E-state index is 12.7. The van der Waals surface area contributed by atoms with E-state index in [1.807, 2.05) is 0 Å². The summed E-state index contributed by atoms with van der Waals surface area (Å²) in [7, 11) is -3.52. The normalized spacial score (nSPS) is 17.7. The van der Waals surface area contributed by atoms with Crippen molar-refractivity contribution in [1.29, 1.82) is 0 Å². The van der Waals surface area contributed by atoms with E-state index in [1.54, 1.807) is 24.3 Å². The van der Waals surface area contributed by atoms with Crippen molar-refractivity contribution in [1.82, 2.24) is 4.90 Å². The molecule has 1 aliphatic rings. The fourth-order valence-corrected chi connectivity index (χ4v) is 4.91. The van der Waals surface area contributed by atoms with E-state index in [-0.39, 0.29) is 22.4 Å². The van der Waals surface area contributed by atoms with Crippen molar-refractivity contribution in [3.05, 3.63) is 63.1 Å². The Morgan fingerprint density at radius 3 is 2.32 bits per heavy atom. The molecule has 0 N–H and O–H groups in total. The summed E-state index contributed by atoms with van der Waals surface area (Å²) >= 11 is 17.6. The molecule has 8 heteroatoms. The van der Waals surface area contributed by atoms with E-state index >= 15 is 0 Å². The highest BCUT2D eigenvalue weighted by molar-refractivity contribution is 7.92. The van der Waals surface area contributed by atoms with E-state index in [9.17, 15) is 13.2 Å². The molecule has 0 spiro atoms. The quantitative estimate of drug-likeness (QED) is 0.745. The van der Waals surface area contributed by atoms with Crippen molar-refractivity contribution in [3.8, 4) is 0 Å². The number of nitrogens with zero attached hydrogens (tertiary/aromatic N) is 1. The fraction of sp³-hybridized carbons (Fsp3) is 0.235. The van der Waals surface area contributed by atoms with Gasteiger partial charge in [-0.3, -0.25) is 4.79 Å². The molecule has 132 valence electrons. The van der Waals surface area contributed by atoms with Gasteiger partial charge >= 0.3 is 0 Å². The molecular formula is C17H14Cl3NO3S. The highest BCUT2D eigenvalue weighted by Crippen LogP contribution is 2.27. The lowest BCUT2D eigenvalue weighted by atomic mass is 10.2. The maximum Gasteiger partial charge on any atom is 0.253 e. The van der Waals surface area contributed by atoms with Crippen LogP contribution in [0.1, 0.15) is 16.8 Å². The highest BCUT2D eigenvalue weighted by Gasteiger charge is 2.36. The lowest BCUT2D eigenvalue weighted by molar-refractivity contribution is 0.0793. The zero-order valence-corrected chi connectivity index (χ0v) is 16.0. The second kappa shape index (κ2) is 7.16. The average molecular weight is 419 g/mol. The minimum Gasteiger partial charge on any atom is -0.337 e. The third kappa shape index (κ3) is 3.80. The molecule has 0 aliphatic carbocycles. The summed E-state index contributed by atoms with van der Waals surface area (Å²) in [4.78, 5) is 14.3. The van der Waals surface area contributed by atoms with Crippen molar-refractivity contribution in [2.75, 3.05) is 13.1 Å². The third-order valence-corrected chi connectivity index (χ3v) is 7.36. The summed E-state index contributed by atoms with van der Waals surface area (Å²) in [5.74, 6) is -0.257. The molecule has 0 aromatic heterocycles. The molecule has 2 aromatic carbocycles. The first-order chi connectivity index (χ1) is 11.8. The number of hydrogen-bond acceptors (Lipinski definition) is 3. The molecule has 0 bridgehead atoms. The predicted molar refractivity (Wildman–Crippen MR) is 99.4 cm³/mol. The van der Waals surface area contributed by atoms with Crippen LogP contribution in [0.5, 0.6) is 0 Å². The summed E-state index contributed by atoms with van der Waals surface area (Å²) in [6, 6.07) is 10.7. The van der Waals surface area contributed by atoms with Crippen molar-refractivity contribution >= 4 is 50.5 Å². The molecule has 1 heterocycles. The second-order valence-electron chi connectivity index (χ2n) is 5.79. The molecule has 0 radical (unpaired) electrons. The lowest BCUT2D eigenvalue weighted by Gasteiger charge is -2.17. The van der Waals surface area contributed by atoms with Gasteiger partial charge in [-0.2, -0.15) is 0 Å². The Hall–Kier alpha value is -1.27. The zero-order valence-electron chi connectivity index (χ0n) is 13.0. The van der Waals surface area contributed by atoms with Crippen LogP contribution in [0.4, 0.5) is 0 Å². The van der Waals surface area contributed by atoms with Crippen LogP contribution in [0.25, 0.3) is 0 Å². The summed E-state index contributed by atoms with van der Waals surface area (Å²) in [6.45, 7) is 0.514. The third-order valence-electron chi connectivity index (χ3n) is 4.18. The molecule has 3 rings (SSSR count). The van der Waals surface area contributed by atoms with Gasteiger partial charge in [-0.15, -0.1) is 0 Å². The number of carbonyl (C=O) groups excluding carboxylic acids is 1. The van der Waals surface area contributed by atoms with Gasteiger partial charge in [-0.25, -0.2) is 8.42 Å². The average Bonchev–Trinajstić information content (AvgIpc) is 3.08. The number of carbonyl (C=O) groups is 1. The first kappa shape index (κ1) is 18.5. The van der Waals surface area contributed by atoms with Crippen molar-refractivity contribution in [2.24, 2.45) is 0 Å². The number of hydrogen-bond donors (Lipinski definition) is 0. The highest BCUT2D eigenvalue weighted by atomic mass is 35.5. The molecule has 0 saturated carbocycles. The second-order valence-corrected chi connectivity index (χ2v) is 9.27. The Morgan fingerprint density at radius 1 is 1.00 bits per heavy atom. The van der Waals surface area contributed by atoms with E-state index < -0.39 is 15.1 Å². The van der Waals surface area contributed by atoms with E-state index in [0.717, 1.165) is 0 Å². The number of sulfone groups is 1. The van der Waals surface area contributed by atoms with E-state index in [1.165, 1.54) is 23.1 Å². The van der Waals surface area contributed by atoms with Gasteiger partial charge < -0.3 is 4.90 Å². The summed E-state index contributed by atoms with van der Waals surface area (Å²) in [6.07, 6.45) is 0.387. The predicted octanol–water partition coefficient (Wildman–Crippen LogP) is 4.34. The lowest BCUT2D eigenvalue weighted by Crippen LogP contribution is -2.31. The van der Waals surface area contributed by atoms with E-state index in [4.69, 9.17) is 34.8 Å². The van der Waals surface area contributed by atoms with Gasteiger partial charge in [0.15, 0.2) is 9.84 Å². The van der Waals surface area contributed by atoms with Gasteiger partial charge in [0.05, 0.1) is 20.2 Å². The van der Waals surface area contributed by atoms with Crippen LogP contribution in [0.15, 0.2) is 47.4 Å². The molecule has 1 aliphatic heterocycles. The fourth-order valence-electron chi connectivity index (χ4n) is 2.79. The minimum atomic E-state index is -3.52. The maximum atomic E-state index is 12.7. The SMILES string of the molecule is O=C(c1ccc(Cl)c(Cl)c1)N1CCC(S(=O)(=O)c2ccc(Cl)cc2)C1. The van der Waals surface area contributed by atoms with Crippen LogP contribution in [-0.2, 0) is 9.84 Å². The van der Waals surface area contributed by atoms with Crippen molar-refractivity contribution in [2.45, 2.75) is 16.6 Å².